The van der Waals surface area contributed by atoms with Crippen LogP contribution in [0.15, 0.2) is 21.3 Å². The van der Waals surface area contributed by atoms with Crippen molar-refractivity contribution in [3.63, 3.8) is 0 Å². The summed E-state index contributed by atoms with van der Waals surface area (Å²) in [5.41, 5.74) is 0.984. The number of aromatic nitrogens is 2. The molecule has 1 N–H and O–H groups in total. The van der Waals surface area contributed by atoms with Crippen LogP contribution in [-0.4, -0.2) is 44.6 Å². The van der Waals surface area contributed by atoms with Gasteiger partial charge in [-0.2, -0.15) is 16.3 Å². The van der Waals surface area contributed by atoms with E-state index in [0.29, 0.717) is 24.6 Å². The van der Waals surface area contributed by atoms with Crippen LogP contribution >= 0.6 is 11.3 Å². The van der Waals surface area contributed by atoms with Gasteiger partial charge in [0.15, 0.2) is 0 Å². The molecule has 6 nitrogen and oxygen atoms in total. The third kappa shape index (κ3) is 5.89. The Balaban J connectivity index is 1.66. The highest BCUT2D eigenvalue weighted by molar-refractivity contribution is 7.08. The van der Waals surface area contributed by atoms with Crippen LogP contribution in [0.3, 0.4) is 0 Å². The highest BCUT2D eigenvalue weighted by Gasteiger charge is 2.40. The van der Waals surface area contributed by atoms with Crippen LogP contribution in [0, 0.1) is 0 Å². The lowest BCUT2D eigenvalue weighted by molar-refractivity contribution is -0.135. The molecule has 29 heavy (non-hydrogen) atoms. The van der Waals surface area contributed by atoms with Gasteiger partial charge in [-0.05, 0) is 58.4 Å². The monoisotopic (exact) mass is 418 g/mol. The van der Waals surface area contributed by atoms with Gasteiger partial charge in [-0.1, -0.05) is 18.5 Å². The molecule has 0 radical (unpaired) electrons. The summed E-state index contributed by atoms with van der Waals surface area (Å²) in [5, 5.41) is 11.7. The number of unbranched alkanes of at least 4 members (excludes halogenated alkanes) is 1. The van der Waals surface area contributed by atoms with E-state index < -0.39 is 0 Å². The normalized spacial score (nSPS) is 18.7. The molecule has 0 aromatic carbocycles. The third-order valence-corrected chi connectivity index (χ3v) is 6.17. The molecule has 0 spiro atoms. The van der Waals surface area contributed by atoms with Crippen molar-refractivity contribution in [1.82, 2.24) is 20.4 Å². The Morgan fingerprint density at radius 2 is 2.03 bits per heavy atom. The van der Waals surface area contributed by atoms with Crippen LogP contribution < -0.4 is 5.32 Å². The number of aryl methyl sites for hydroxylation is 1. The minimum atomic E-state index is 0.0130. The average molecular weight is 419 g/mol. The molecule has 1 fully saturated rings. The summed E-state index contributed by atoms with van der Waals surface area (Å²) in [6.07, 6.45) is 4.92. The zero-order chi connectivity index (χ0) is 21.1. The van der Waals surface area contributed by atoms with Gasteiger partial charge in [-0.3, -0.25) is 4.79 Å². The molecule has 2 aromatic heterocycles. The van der Waals surface area contributed by atoms with Crippen LogP contribution in [0.2, 0.25) is 0 Å². The molecular weight excluding hydrogens is 384 g/mol. The molecule has 3 rings (SSSR count). The van der Waals surface area contributed by atoms with Gasteiger partial charge in [-0.15, -0.1) is 0 Å². The number of nitrogens with one attached hydrogen (secondary N) is 1. The molecule has 0 saturated carbocycles. The molecule has 2 aromatic rings. The van der Waals surface area contributed by atoms with E-state index in [4.69, 9.17) is 4.52 Å². The van der Waals surface area contributed by atoms with Crippen molar-refractivity contribution in [3.8, 4) is 11.4 Å². The Hall–Kier alpha value is -1.73. The summed E-state index contributed by atoms with van der Waals surface area (Å²) in [4.78, 5) is 19.8. The molecule has 3 heterocycles. The minimum Gasteiger partial charge on any atom is -0.340 e. The van der Waals surface area contributed by atoms with Crippen molar-refractivity contribution in [2.75, 3.05) is 6.54 Å². The Kier molecular flexibility index (Phi) is 6.79. The summed E-state index contributed by atoms with van der Waals surface area (Å²) in [7, 11) is 0. The third-order valence-electron chi connectivity index (χ3n) is 5.48. The number of carbonyl (C=O) groups is 1. The zero-order valence-corrected chi connectivity index (χ0v) is 19.1. The summed E-state index contributed by atoms with van der Waals surface area (Å²) < 4.78 is 5.37. The van der Waals surface area contributed by atoms with Gasteiger partial charge < -0.3 is 14.7 Å². The SMILES string of the molecule is CCCCN(C(=O)CCc1nc(-c2ccsc2)no1)C1CC(C)(C)NC(C)(C)C1. The highest BCUT2D eigenvalue weighted by atomic mass is 32.1. The summed E-state index contributed by atoms with van der Waals surface area (Å²) in [6, 6.07) is 2.22. The molecule has 7 heteroatoms. The fourth-order valence-electron chi connectivity index (χ4n) is 4.55. The molecule has 0 atom stereocenters. The second kappa shape index (κ2) is 8.96. The van der Waals surface area contributed by atoms with E-state index in [-0.39, 0.29) is 23.0 Å². The van der Waals surface area contributed by atoms with Crippen molar-refractivity contribution >= 4 is 17.2 Å². The molecule has 1 amide bonds. The molecule has 1 aliphatic heterocycles. The van der Waals surface area contributed by atoms with Crippen molar-refractivity contribution in [3.05, 3.63) is 22.7 Å². The lowest BCUT2D eigenvalue weighted by Gasteiger charge is -2.49. The van der Waals surface area contributed by atoms with Crippen molar-refractivity contribution in [2.24, 2.45) is 0 Å². The summed E-state index contributed by atoms with van der Waals surface area (Å²) in [6.45, 7) is 11.9. The zero-order valence-electron chi connectivity index (χ0n) is 18.3. The Morgan fingerprint density at radius 1 is 1.31 bits per heavy atom. The largest absolute Gasteiger partial charge is 0.340 e. The van der Waals surface area contributed by atoms with Crippen LogP contribution in [0.4, 0.5) is 0 Å². The smallest absolute Gasteiger partial charge is 0.227 e. The molecule has 160 valence electrons. The van der Waals surface area contributed by atoms with E-state index >= 15 is 0 Å². The molecule has 0 bridgehead atoms. The van der Waals surface area contributed by atoms with E-state index in [1.807, 2.05) is 16.8 Å². The molecular formula is C22H34N4O2S. The van der Waals surface area contributed by atoms with Gasteiger partial charge in [0.05, 0.1) is 0 Å². The topological polar surface area (TPSA) is 71.3 Å². The number of piperidine rings is 1. The van der Waals surface area contributed by atoms with E-state index in [1.165, 1.54) is 0 Å². The van der Waals surface area contributed by atoms with Gasteiger partial charge in [0.2, 0.25) is 17.6 Å². The van der Waals surface area contributed by atoms with E-state index in [1.54, 1.807) is 11.3 Å². The number of amides is 1. The lowest BCUT2D eigenvalue weighted by atomic mass is 9.79. The van der Waals surface area contributed by atoms with Crippen molar-refractivity contribution in [1.29, 1.82) is 0 Å². The fourth-order valence-corrected chi connectivity index (χ4v) is 5.19. The second-order valence-corrected chi connectivity index (χ2v) is 10.2. The molecule has 0 aliphatic carbocycles. The van der Waals surface area contributed by atoms with Crippen molar-refractivity contribution in [2.45, 2.75) is 90.3 Å². The van der Waals surface area contributed by atoms with Gasteiger partial charge in [-0.25, -0.2) is 0 Å². The standard InChI is InChI=1S/C22H34N4O2S/c1-6-7-11-26(17-13-21(2,3)25-22(4,5)14-17)19(27)9-8-18-23-20(24-28-18)16-10-12-29-15-16/h10,12,15,17,25H,6-9,11,13-14H2,1-5H3. The first-order valence-electron chi connectivity index (χ1n) is 10.6. The lowest BCUT2D eigenvalue weighted by Crippen LogP contribution is -2.62. The number of rotatable bonds is 8. The summed E-state index contributed by atoms with van der Waals surface area (Å²) in [5.74, 6) is 1.31. The predicted molar refractivity (Wildman–Crippen MR) is 117 cm³/mol. The maximum absolute atomic E-state index is 13.2. The van der Waals surface area contributed by atoms with E-state index in [9.17, 15) is 4.79 Å². The maximum Gasteiger partial charge on any atom is 0.227 e. The number of hydrogen-bond acceptors (Lipinski definition) is 6. The van der Waals surface area contributed by atoms with Gasteiger partial charge in [0.1, 0.15) is 0 Å². The number of hydrogen-bond donors (Lipinski definition) is 1. The molecule has 1 saturated heterocycles. The minimum absolute atomic E-state index is 0.0130. The second-order valence-electron chi connectivity index (χ2n) is 9.42. The average Bonchev–Trinajstić information content (AvgIpc) is 3.29. The molecule has 1 aliphatic rings. The van der Waals surface area contributed by atoms with Crippen LogP contribution in [0.5, 0.6) is 0 Å². The number of nitrogens with zero attached hydrogens (tertiary/aromatic N) is 3. The van der Waals surface area contributed by atoms with E-state index in [2.05, 4.69) is 55.0 Å². The first-order valence-corrected chi connectivity index (χ1v) is 11.6. The predicted octanol–water partition coefficient (Wildman–Crippen LogP) is 4.67. The van der Waals surface area contributed by atoms with Gasteiger partial charge in [0, 0.05) is 47.4 Å². The first-order chi connectivity index (χ1) is 13.7. The van der Waals surface area contributed by atoms with Crippen LogP contribution in [0.1, 0.15) is 72.6 Å². The van der Waals surface area contributed by atoms with Crippen LogP contribution in [0.25, 0.3) is 11.4 Å². The van der Waals surface area contributed by atoms with Crippen LogP contribution in [-0.2, 0) is 11.2 Å². The van der Waals surface area contributed by atoms with Crippen molar-refractivity contribution < 1.29 is 9.32 Å². The Morgan fingerprint density at radius 3 is 2.66 bits per heavy atom. The Bertz CT molecular complexity index is 782. The van der Waals surface area contributed by atoms with Gasteiger partial charge >= 0.3 is 0 Å². The quantitative estimate of drug-likeness (QED) is 0.674. The molecule has 0 unspecified atom stereocenters. The van der Waals surface area contributed by atoms with Gasteiger partial charge in [0.25, 0.3) is 0 Å². The Labute approximate surface area is 178 Å². The van der Waals surface area contributed by atoms with E-state index in [0.717, 1.165) is 37.8 Å². The fraction of sp³-hybridized carbons (Fsp3) is 0.682. The maximum atomic E-state index is 13.2. The number of thiophene rings is 1. The number of carbonyl (C=O) groups excluding carboxylic acids is 1. The highest BCUT2D eigenvalue weighted by Crippen LogP contribution is 2.32. The first kappa shape index (κ1) is 22.0. The summed E-state index contributed by atoms with van der Waals surface area (Å²) >= 11 is 1.60.